The number of piperidine rings is 1. The lowest BCUT2D eigenvalue weighted by atomic mass is 10.0. The summed E-state index contributed by atoms with van der Waals surface area (Å²) in [6, 6.07) is 0.484. The van der Waals surface area contributed by atoms with E-state index in [9.17, 15) is 4.79 Å². The number of likely N-dealkylation sites (tertiary alicyclic amines) is 1. The topological polar surface area (TPSA) is 20.3 Å². The molecule has 1 aliphatic rings. The van der Waals surface area contributed by atoms with Crippen LogP contribution < -0.4 is 0 Å². The summed E-state index contributed by atoms with van der Waals surface area (Å²) >= 11 is 0. The number of rotatable bonds is 2. The molecule has 12 heavy (non-hydrogen) atoms. The predicted molar refractivity (Wildman–Crippen MR) is 49.9 cm³/mol. The number of amides is 1. The van der Waals surface area contributed by atoms with E-state index in [1.807, 2.05) is 4.90 Å². The average Bonchev–Trinajstić information content (AvgIpc) is 2.05. The van der Waals surface area contributed by atoms with Gasteiger partial charge < -0.3 is 4.90 Å². The van der Waals surface area contributed by atoms with Crippen molar-refractivity contribution in [2.75, 3.05) is 6.54 Å². The van der Waals surface area contributed by atoms with Gasteiger partial charge in [-0.05, 0) is 32.6 Å². The monoisotopic (exact) mass is 169 g/mol. The second kappa shape index (κ2) is 4.48. The Kier molecular flexibility index (Phi) is 3.57. The first-order chi connectivity index (χ1) is 5.75. The highest BCUT2D eigenvalue weighted by Gasteiger charge is 2.21. The third-order valence-electron chi connectivity index (χ3n) is 2.59. The van der Waals surface area contributed by atoms with Crippen molar-refractivity contribution in [3.8, 4) is 0 Å². The summed E-state index contributed by atoms with van der Waals surface area (Å²) < 4.78 is 0. The Morgan fingerprint density at radius 2 is 2.25 bits per heavy atom. The zero-order valence-corrected chi connectivity index (χ0v) is 8.18. The minimum Gasteiger partial charge on any atom is -0.340 e. The van der Waals surface area contributed by atoms with Gasteiger partial charge in [-0.25, -0.2) is 0 Å². The molecule has 1 atom stereocenters. The van der Waals surface area contributed by atoms with Gasteiger partial charge in [0, 0.05) is 19.0 Å². The lowest BCUT2D eigenvalue weighted by molar-refractivity contribution is -0.134. The van der Waals surface area contributed by atoms with E-state index in [0.29, 0.717) is 11.9 Å². The molecule has 0 N–H and O–H groups in total. The van der Waals surface area contributed by atoms with Crippen molar-refractivity contribution in [3.05, 3.63) is 0 Å². The Bertz CT molecular complexity index is 156. The molecule has 0 aromatic rings. The van der Waals surface area contributed by atoms with Crippen molar-refractivity contribution in [2.24, 2.45) is 0 Å². The molecule has 0 radical (unpaired) electrons. The third kappa shape index (κ3) is 2.23. The van der Waals surface area contributed by atoms with Gasteiger partial charge in [-0.3, -0.25) is 4.79 Å². The van der Waals surface area contributed by atoms with Crippen LogP contribution in [0.3, 0.4) is 0 Å². The van der Waals surface area contributed by atoms with Crippen LogP contribution in [0.2, 0.25) is 0 Å². The van der Waals surface area contributed by atoms with Gasteiger partial charge in [0.1, 0.15) is 0 Å². The van der Waals surface area contributed by atoms with Gasteiger partial charge in [0.25, 0.3) is 0 Å². The number of carbonyl (C=O) groups is 1. The minimum absolute atomic E-state index is 0.352. The fraction of sp³-hybridized carbons (Fsp3) is 0.900. The molecular weight excluding hydrogens is 150 g/mol. The van der Waals surface area contributed by atoms with E-state index < -0.39 is 0 Å². The van der Waals surface area contributed by atoms with Crippen LogP contribution in [0.1, 0.15) is 46.0 Å². The second-order valence-electron chi connectivity index (χ2n) is 3.68. The van der Waals surface area contributed by atoms with E-state index >= 15 is 0 Å². The van der Waals surface area contributed by atoms with Gasteiger partial charge in [0.05, 0.1) is 0 Å². The lowest BCUT2D eigenvalue weighted by Gasteiger charge is -2.33. The molecule has 1 fully saturated rings. The smallest absolute Gasteiger partial charge is 0.222 e. The van der Waals surface area contributed by atoms with E-state index in [2.05, 4.69) is 13.8 Å². The average molecular weight is 169 g/mol. The van der Waals surface area contributed by atoms with E-state index in [-0.39, 0.29) is 0 Å². The first-order valence-electron chi connectivity index (χ1n) is 5.05. The zero-order chi connectivity index (χ0) is 8.97. The molecule has 0 saturated carbocycles. The molecular formula is C10H19NO. The number of hydrogen-bond donors (Lipinski definition) is 0. The summed E-state index contributed by atoms with van der Waals surface area (Å²) in [6.07, 6.45) is 5.37. The first kappa shape index (κ1) is 9.56. The van der Waals surface area contributed by atoms with E-state index in [1.54, 1.807) is 0 Å². The number of nitrogens with zero attached hydrogens (tertiary/aromatic N) is 1. The summed E-state index contributed by atoms with van der Waals surface area (Å²) in [4.78, 5) is 13.6. The molecule has 0 aliphatic carbocycles. The molecule has 1 saturated heterocycles. The molecule has 1 heterocycles. The van der Waals surface area contributed by atoms with Crippen LogP contribution >= 0.6 is 0 Å². The highest BCUT2D eigenvalue weighted by atomic mass is 16.2. The van der Waals surface area contributed by atoms with Gasteiger partial charge >= 0.3 is 0 Å². The van der Waals surface area contributed by atoms with Gasteiger partial charge in [-0.1, -0.05) is 6.92 Å². The molecule has 1 aliphatic heterocycles. The zero-order valence-electron chi connectivity index (χ0n) is 8.18. The van der Waals surface area contributed by atoms with Crippen LogP contribution in [0.5, 0.6) is 0 Å². The molecule has 1 rings (SSSR count). The largest absolute Gasteiger partial charge is 0.340 e. The highest BCUT2D eigenvalue weighted by Crippen LogP contribution is 2.17. The van der Waals surface area contributed by atoms with Crippen LogP contribution in [-0.2, 0) is 4.79 Å². The molecule has 2 nitrogen and oxygen atoms in total. The maximum Gasteiger partial charge on any atom is 0.222 e. The number of carbonyl (C=O) groups excluding carboxylic acids is 1. The van der Waals surface area contributed by atoms with E-state index in [1.165, 1.54) is 19.3 Å². The fourth-order valence-corrected chi connectivity index (χ4v) is 1.83. The van der Waals surface area contributed by atoms with Crippen LogP contribution in [0.25, 0.3) is 0 Å². The van der Waals surface area contributed by atoms with Crippen LogP contribution in [-0.4, -0.2) is 23.4 Å². The molecule has 0 aromatic carbocycles. The Morgan fingerprint density at radius 1 is 1.50 bits per heavy atom. The van der Waals surface area contributed by atoms with Gasteiger partial charge in [0.2, 0.25) is 5.91 Å². The Hall–Kier alpha value is -0.530. The lowest BCUT2D eigenvalue weighted by Crippen LogP contribution is -2.41. The number of hydrogen-bond acceptors (Lipinski definition) is 1. The molecule has 0 aromatic heterocycles. The second-order valence-corrected chi connectivity index (χ2v) is 3.68. The first-order valence-corrected chi connectivity index (χ1v) is 5.05. The molecule has 70 valence electrons. The molecule has 1 amide bonds. The third-order valence-corrected chi connectivity index (χ3v) is 2.59. The normalized spacial score (nSPS) is 24.2. The van der Waals surface area contributed by atoms with Crippen molar-refractivity contribution in [2.45, 2.75) is 52.0 Å². The van der Waals surface area contributed by atoms with Gasteiger partial charge in [-0.2, -0.15) is 0 Å². The van der Waals surface area contributed by atoms with Crippen LogP contribution in [0.15, 0.2) is 0 Å². The summed E-state index contributed by atoms with van der Waals surface area (Å²) in [5, 5.41) is 0. The van der Waals surface area contributed by atoms with Gasteiger partial charge in [-0.15, -0.1) is 0 Å². The molecule has 2 heteroatoms. The van der Waals surface area contributed by atoms with Crippen molar-refractivity contribution < 1.29 is 4.79 Å². The van der Waals surface area contributed by atoms with Crippen molar-refractivity contribution in [1.82, 2.24) is 4.90 Å². The fourth-order valence-electron chi connectivity index (χ4n) is 1.83. The van der Waals surface area contributed by atoms with E-state index in [4.69, 9.17) is 0 Å². The quantitative estimate of drug-likeness (QED) is 0.620. The van der Waals surface area contributed by atoms with Gasteiger partial charge in [0.15, 0.2) is 0 Å². The van der Waals surface area contributed by atoms with Crippen molar-refractivity contribution in [1.29, 1.82) is 0 Å². The Morgan fingerprint density at radius 3 is 2.83 bits per heavy atom. The standard InChI is InChI=1S/C10H19NO/c1-3-6-10(12)11-8-5-4-7-9(11)2/h9H,3-8H2,1-2H3. The van der Waals surface area contributed by atoms with Crippen LogP contribution in [0.4, 0.5) is 0 Å². The summed E-state index contributed by atoms with van der Waals surface area (Å²) in [7, 11) is 0. The van der Waals surface area contributed by atoms with Crippen LogP contribution in [0, 0.1) is 0 Å². The van der Waals surface area contributed by atoms with E-state index in [0.717, 1.165) is 19.4 Å². The molecule has 0 spiro atoms. The van der Waals surface area contributed by atoms with Crippen molar-refractivity contribution >= 4 is 5.91 Å². The molecule has 0 bridgehead atoms. The summed E-state index contributed by atoms with van der Waals surface area (Å²) in [6.45, 7) is 5.21. The minimum atomic E-state index is 0.352. The Labute approximate surface area is 74.9 Å². The maximum atomic E-state index is 11.5. The SMILES string of the molecule is CCCC(=O)N1CCCCC1C. The van der Waals surface area contributed by atoms with Crippen molar-refractivity contribution in [3.63, 3.8) is 0 Å². The molecule has 1 unspecified atom stereocenters. The highest BCUT2D eigenvalue weighted by molar-refractivity contribution is 5.76. The summed E-state index contributed by atoms with van der Waals surface area (Å²) in [5.41, 5.74) is 0. The maximum absolute atomic E-state index is 11.5. The summed E-state index contributed by atoms with van der Waals surface area (Å²) in [5.74, 6) is 0.352. The predicted octanol–water partition coefficient (Wildman–Crippen LogP) is 2.19. The Balaban J connectivity index is 2.42.